The van der Waals surface area contributed by atoms with E-state index >= 15 is 0 Å². The van der Waals surface area contributed by atoms with Crippen LogP contribution in [0.15, 0.2) is 47.0 Å². The average Bonchev–Trinajstić information content (AvgIpc) is 3.16. The molecular formula is C18H15FN4O. The van der Waals surface area contributed by atoms with Crippen molar-refractivity contribution < 1.29 is 8.81 Å². The predicted octanol–water partition coefficient (Wildman–Crippen LogP) is 3.73. The van der Waals surface area contributed by atoms with Crippen LogP contribution in [0.4, 0.5) is 4.39 Å². The Kier molecular flexibility index (Phi) is 3.37. The van der Waals surface area contributed by atoms with E-state index in [1.54, 1.807) is 22.8 Å². The molecule has 6 heteroatoms. The lowest BCUT2D eigenvalue weighted by Gasteiger charge is -2.04. The van der Waals surface area contributed by atoms with Crippen molar-refractivity contribution >= 4 is 5.65 Å². The van der Waals surface area contributed by atoms with Gasteiger partial charge < -0.3 is 4.42 Å². The molecule has 5 nitrogen and oxygen atoms in total. The van der Waals surface area contributed by atoms with Gasteiger partial charge in [-0.3, -0.25) is 0 Å². The largest absolute Gasteiger partial charge is 0.458 e. The molecule has 0 aliphatic rings. The minimum atomic E-state index is -0.243. The number of rotatable bonds is 3. The lowest BCUT2D eigenvalue weighted by Crippen LogP contribution is -2.02. The predicted molar refractivity (Wildman–Crippen MR) is 87.2 cm³/mol. The highest BCUT2D eigenvalue weighted by Crippen LogP contribution is 2.23. The molecule has 0 saturated heterocycles. The maximum atomic E-state index is 13.1. The van der Waals surface area contributed by atoms with Gasteiger partial charge in [0.25, 0.3) is 0 Å². The van der Waals surface area contributed by atoms with Crippen LogP contribution in [0.25, 0.3) is 17.2 Å². The monoisotopic (exact) mass is 322 g/mol. The van der Waals surface area contributed by atoms with E-state index in [1.165, 1.54) is 12.1 Å². The number of hydrogen-bond acceptors (Lipinski definition) is 4. The van der Waals surface area contributed by atoms with E-state index in [2.05, 4.69) is 15.1 Å². The Balaban J connectivity index is 1.81. The van der Waals surface area contributed by atoms with E-state index in [4.69, 9.17) is 4.42 Å². The summed E-state index contributed by atoms with van der Waals surface area (Å²) in [4.78, 5) is 8.98. The molecule has 24 heavy (non-hydrogen) atoms. The Morgan fingerprint density at radius 1 is 1.04 bits per heavy atom. The third-order valence-corrected chi connectivity index (χ3v) is 3.82. The van der Waals surface area contributed by atoms with Crippen molar-refractivity contribution in [3.05, 3.63) is 71.1 Å². The summed E-state index contributed by atoms with van der Waals surface area (Å²) in [5.74, 6) is 2.49. The lowest BCUT2D eigenvalue weighted by atomic mass is 10.1. The van der Waals surface area contributed by atoms with Crippen LogP contribution < -0.4 is 0 Å². The summed E-state index contributed by atoms with van der Waals surface area (Å²) in [5, 5.41) is 4.42. The fraction of sp³-hybridized carbons (Fsp3) is 0.167. The fourth-order valence-electron chi connectivity index (χ4n) is 2.69. The first-order valence-electron chi connectivity index (χ1n) is 7.62. The van der Waals surface area contributed by atoms with Gasteiger partial charge in [-0.1, -0.05) is 12.1 Å². The summed E-state index contributed by atoms with van der Waals surface area (Å²) in [6.07, 6.45) is 2.39. The number of aromatic nitrogens is 4. The van der Waals surface area contributed by atoms with Gasteiger partial charge in [-0.25, -0.2) is 14.4 Å². The van der Waals surface area contributed by atoms with Crippen molar-refractivity contribution in [3.63, 3.8) is 0 Å². The zero-order valence-corrected chi connectivity index (χ0v) is 13.3. The van der Waals surface area contributed by atoms with Gasteiger partial charge in [0.15, 0.2) is 11.4 Å². The fourth-order valence-corrected chi connectivity index (χ4v) is 2.69. The highest BCUT2D eigenvalue weighted by atomic mass is 19.1. The van der Waals surface area contributed by atoms with Gasteiger partial charge >= 0.3 is 0 Å². The Bertz CT molecular complexity index is 1020. The molecule has 0 spiro atoms. The lowest BCUT2D eigenvalue weighted by molar-refractivity contribution is 0.541. The molecule has 0 unspecified atom stereocenters. The molecule has 120 valence electrons. The van der Waals surface area contributed by atoms with E-state index in [-0.39, 0.29) is 5.82 Å². The number of furan rings is 1. The molecule has 0 atom stereocenters. The summed E-state index contributed by atoms with van der Waals surface area (Å²) in [6, 6.07) is 10.2. The Labute approximate surface area is 137 Å². The minimum absolute atomic E-state index is 0.243. The van der Waals surface area contributed by atoms with Gasteiger partial charge in [0.05, 0.1) is 6.20 Å². The molecule has 1 aromatic carbocycles. The van der Waals surface area contributed by atoms with Crippen LogP contribution in [0.3, 0.4) is 0 Å². The van der Waals surface area contributed by atoms with Gasteiger partial charge in [0.2, 0.25) is 5.82 Å². The van der Waals surface area contributed by atoms with E-state index < -0.39 is 0 Å². The van der Waals surface area contributed by atoms with Gasteiger partial charge in [0.1, 0.15) is 17.4 Å². The molecule has 0 bridgehead atoms. The number of benzene rings is 1. The molecule has 3 heterocycles. The van der Waals surface area contributed by atoms with Gasteiger partial charge in [-0.2, -0.15) is 9.61 Å². The zero-order chi connectivity index (χ0) is 16.7. The van der Waals surface area contributed by atoms with E-state index in [1.807, 2.05) is 26.0 Å². The smallest absolute Gasteiger partial charge is 0.200 e. The zero-order valence-electron chi connectivity index (χ0n) is 13.3. The number of halogens is 1. The van der Waals surface area contributed by atoms with Crippen LogP contribution >= 0.6 is 0 Å². The Hall–Kier alpha value is -3.02. The van der Waals surface area contributed by atoms with Gasteiger partial charge in [-0.15, -0.1) is 0 Å². The van der Waals surface area contributed by atoms with Crippen LogP contribution in [-0.4, -0.2) is 19.6 Å². The van der Waals surface area contributed by atoms with Crippen LogP contribution in [0, 0.1) is 19.7 Å². The SMILES string of the molecule is Cc1nc(-c2ccc(C)o2)n2ncc(Cc3ccc(F)cc3)c2n1. The molecule has 0 aliphatic heterocycles. The van der Waals surface area contributed by atoms with E-state index in [0.29, 0.717) is 23.8 Å². The third-order valence-electron chi connectivity index (χ3n) is 3.82. The summed E-state index contributed by atoms with van der Waals surface area (Å²) in [5.41, 5.74) is 2.69. The molecule has 0 saturated carbocycles. The van der Waals surface area contributed by atoms with Crippen molar-refractivity contribution in [2.75, 3.05) is 0 Å². The van der Waals surface area contributed by atoms with E-state index in [0.717, 1.165) is 22.5 Å². The summed E-state index contributed by atoms with van der Waals surface area (Å²) in [6.45, 7) is 3.73. The van der Waals surface area contributed by atoms with Gasteiger partial charge in [-0.05, 0) is 43.7 Å². The highest BCUT2D eigenvalue weighted by Gasteiger charge is 2.15. The van der Waals surface area contributed by atoms with Crippen LogP contribution in [0.2, 0.25) is 0 Å². The second kappa shape index (κ2) is 5.56. The van der Waals surface area contributed by atoms with Crippen LogP contribution in [-0.2, 0) is 6.42 Å². The number of nitrogens with zero attached hydrogens (tertiary/aromatic N) is 4. The minimum Gasteiger partial charge on any atom is -0.458 e. The van der Waals surface area contributed by atoms with Gasteiger partial charge in [0, 0.05) is 12.0 Å². The van der Waals surface area contributed by atoms with Crippen LogP contribution in [0.1, 0.15) is 22.7 Å². The number of aryl methyl sites for hydroxylation is 2. The van der Waals surface area contributed by atoms with Crippen molar-refractivity contribution in [1.82, 2.24) is 19.6 Å². The second-order valence-corrected chi connectivity index (χ2v) is 5.71. The first-order valence-corrected chi connectivity index (χ1v) is 7.62. The standard InChI is InChI=1S/C18H15FN4O/c1-11-3-8-16(24-11)18-22-12(2)21-17-14(10-20-23(17)18)9-13-4-6-15(19)7-5-13/h3-8,10H,9H2,1-2H3. The Morgan fingerprint density at radius 3 is 2.54 bits per heavy atom. The first-order chi connectivity index (χ1) is 11.6. The first kappa shape index (κ1) is 14.6. The second-order valence-electron chi connectivity index (χ2n) is 5.71. The number of fused-ring (bicyclic) bond motifs is 1. The third kappa shape index (κ3) is 2.56. The topological polar surface area (TPSA) is 56.2 Å². The molecule has 0 aliphatic carbocycles. The van der Waals surface area contributed by atoms with Crippen molar-refractivity contribution in [2.24, 2.45) is 0 Å². The molecule has 3 aromatic heterocycles. The van der Waals surface area contributed by atoms with E-state index in [9.17, 15) is 4.39 Å². The van der Waals surface area contributed by atoms with Crippen LogP contribution in [0.5, 0.6) is 0 Å². The molecular weight excluding hydrogens is 307 g/mol. The molecule has 0 N–H and O–H groups in total. The molecule has 0 amide bonds. The normalized spacial score (nSPS) is 11.3. The highest BCUT2D eigenvalue weighted by molar-refractivity contribution is 5.57. The molecule has 4 rings (SSSR count). The van der Waals surface area contributed by atoms with Crippen molar-refractivity contribution in [1.29, 1.82) is 0 Å². The van der Waals surface area contributed by atoms with Crippen molar-refractivity contribution in [2.45, 2.75) is 20.3 Å². The molecule has 0 fully saturated rings. The maximum absolute atomic E-state index is 13.1. The quantitative estimate of drug-likeness (QED) is 0.577. The summed E-state index contributed by atoms with van der Waals surface area (Å²) >= 11 is 0. The van der Waals surface area contributed by atoms with Crippen molar-refractivity contribution in [3.8, 4) is 11.6 Å². The average molecular weight is 322 g/mol. The molecule has 0 radical (unpaired) electrons. The summed E-state index contributed by atoms with van der Waals surface area (Å²) in [7, 11) is 0. The maximum Gasteiger partial charge on any atom is 0.200 e. The molecule has 4 aromatic rings. The number of hydrogen-bond donors (Lipinski definition) is 0. The Morgan fingerprint density at radius 2 is 1.83 bits per heavy atom. The summed E-state index contributed by atoms with van der Waals surface area (Å²) < 4.78 is 20.4.